The molecule has 0 aromatic heterocycles. The number of Topliss-reactive ketones (excluding diaryl/α,β-unsaturated/α-hetero) is 1. The van der Waals surface area contributed by atoms with Crippen molar-refractivity contribution in [1.82, 2.24) is 0 Å². The first-order valence-electron chi connectivity index (χ1n) is 6.77. The highest BCUT2D eigenvalue weighted by Gasteiger charge is 2.37. The fraction of sp³-hybridized carbons (Fsp3) is 0.786. The van der Waals surface area contributed by atoms with Crippen LogP contribution in [-0.4, -0.2) is 31.9 Å². The van der Waals surface area contributed by atoms with Gasteiger partial charge in [0.1, 0.15) is 5.78 Å². The van der Waals surface area contributed by atoms with Crippen LogP contribution in [0.2, 0.25) is 0 Å². The molecular weight excluding hydrogens is 248 g/mol. The van der Waals surface area contributed by atoms with Crippen molar-refractivity contribution in [2.75, 3.05) is 14.2 Å². The molecule has 1 aliphatic rings. The summed E-state index contributed by atoms with van der Waals surface area (Å²) < 4.78 is 9.35. The van der Waals surface area contributed by atoms with Crippen LogP contribution in [0.3, 0.4) is 0 Å². The SMILES string of the molecule is COC(=O)C(C(=O)OC)[C@@H]1CCCCCCC(=O)C1. The number of hydrogen-bond acceptors (Lipinski definition) is 5. The molecule has 0 spiro atoms. The van der Waals surface area contributed by atoms with E-state index in [9.17, 15) is 14.4 Å². The lowest BCUT2D eigenvalue weighted by Crippen LogP contribution is -2.34. The minimum absolute atomic E-state index is 0.115. The van der Waals surface area contributed by atoms with Crippen molar-refractivity contribution in [1.29, 1.82) is 0 Å². The lowest BCUT2D eigenvalue weighted by Gasteiger charge is -2.22. The molecule has 1 saturated carbocycles. The quantitative estimate of drug-likeness (QED) is 0.578. The number of esters is 2. The van der Waals surface area contributed by atoms with E-state index in [2.05, 4.69) is 9.47 Å². The maximum Gasteiger partial charge on any atom is 0.320 e. The van der Waals surface area contributed by atoms with Gasteiger partial charge in [0, 0.05) is 12.8 Å². The van der Waals surface area contributed by atoms with Gasteiger partial charge in [0.2, 0.25) is 0 Å². The van der Waals surface area contributed by atoms with E-state index in [1.807, 2.05) is 0 Å². The van der Waals surface area contributed by atoms with Gasteiger partial charge in [-0.1, -0.05) is 19.3 Å². The summed E-state index contributed by atoms with van der Waals surface area (Å²) in [5.41, 5.74) is 0. The van der Waals surface area contributed by atoms with Crippen LogP contribution in [0.25, 0.3) is 0 Å². The highest BCUT2D eigenvalue weighted by atomic mass is 16.5. The summed E-state index contributed by atoms with van der Waals surface area (Å²) >= 11 is 0. The molecule has 1 rings (SSSR count). The summed E-state index contributed by atoms with van der Waals surface area (Å²) in [7, 11) is 2.49. The number of rotatable bonds is 3. The van der Waals surface area contributed by atoms with Gasteiger partial charge in [-0.05, 0) is 18.8 Å². The maximum absolute atomic E-state index is 11.8. The Morgan fingerprint density at radius 1 is 1.05 bits per heavy atom. The molecule has 1 fully saturated rings. The summed E-state index contributed by atoms with van der Waals surface area (Å²) in [5.74, 6) is -2.37. The molecular formula is C14H22O5. The van der Waals surface area contributed by atoms with Crippen molar-refractivity contribution in [2.45, 2.75) is 44.9 Å². The zero-order valence-corrected chi connectivity index (χ0v) is 11.6. The molecule has 0 heterocycles. The standard InChI is InChI=1S/C14H22O5/c1-18-13(16)12(14(17)19-2)10-7-5-3-4-6-8-11(15)9-10/h10,12H,3-9H2,1-2H3/t10-/m1/s1. The van der Waals surface area contributed by atoms with Gasteiger partial charge in [0.05, 0.1) is 14.2 Å². The normalized spacial score (nSPS) is 21.2. The average molecular weight is 270 g/mol. The Morgan fingerprint density at radius 3 is 2.21 bits per heavy atom. The third-order valence-electron chi connectivity index (χ3n) is 3.65. The predicted octanol–water partition coefficient (Wildman–Crippen LogP) is 1.88. The minimum atomic E-state index is -0.975. The second-order valence-electron chi connectivity index (χ2n) is 4.98. The highest BCUT2D eigenvalue weighted by Crippen LogP contribution is 2.28. The van der Waals surface area contributed by atoms with Crippen LogP contribution in [0.5, 0.6) is 0 Å². The Hall–Kier alpha value is -1.39. The predicted molar refractivity (Wildman–Crippen MR) is 68.3 cm³/mol. The minimum Gasteiger partial charge on any atom is -0.468 e. The lowest BCUT2D eigenvalue weighted by atomic mass is 9.84. The Balaban J connectivity index is 2.86. The Kier molecular flexibility index (Phi) is 6.53. The summed E-state index contributed by atoms with van der Waals surface area (Å²) in [4.78, 5) is 35.4. The molecule has 0 aliphatic heterocycles. The van der Waals surface area contributed by atoms with E-state index in [-0.39, 0.29) is 18.1 Å². The molecule has 1 atom stereocenters. The van der Waals surface area contributed by atoms with Crippen LogP contribution in [0, 0.1) is 11.8 Å². The van der Waals surface area contributed by atoms with Crippen molar-refractivity contribution >= 4 is 17.7 Å². The van der Waals surface area contributed by atoms with Crippen LogP contribution in [-0.2, 0) is 23.9 Å². The number of carbonyl (C=O) groups excluding carboxylic acids is 3. The summed E-state index contributed by atoms with van der Waals surface area (Å²) in [6, 6.07) is 0. The van der Waals surface area contributed by atoms with Crippen LogP contribution < -0.4 is 0 Å². The van der Waals surface area contributed by atoms with Gasteiger partial charge in [-0.3, -0.25) is 14.4 Å². The number of ketones is 1. The van der Waals surface area contributed by atoms with Gasteiger partial charge in [0.15, 0.2) is 5.92 Å². The van der Waals surface area contributed by atoms with E-state index in [1.54, 1.807) is 0 Å². The Bertz CT molecular complexity index is 321. The summed E-state index contributed by atoms with van der Waals surface area (Å²) in [6.45, 7) is 0. The maximum atomic E-state index is 11.8. The molecule has 0 amide bonds. The van der Waals surface area contributed by atoms with Crippen LogP contribution in [0.1, 0.15) is 44.9 Å². The van der Waals surface area contributed by atoms with E-state index in [4.69, 9.17) is 0 Å². The molecule has 19 heavy (non-hydrogen) atoms. The molecule has 0 aromatic carbocycles. The van der Waals surface area contributed by atoms with Crippen LogP contribution >= 0.6 is 0 Å². The van der Waals surface area contributed by atoms with Crippen LogP contribution in [0.4, 0.5) is 0 Å². The van der Waals surface area contributed by atoms with Crippen LogP contribution in [0.15, 0.2) is 0 Å². The van der Waals surface area contributed by atoms with Crippen molar-refractivity contribution < 1.29 is 23.9 Å². The molecule has 0 saturated heterocycles. The van der Waals surface area contributed by atoms with Crippen molar-refractivity contribution in [3.8, 4) is 0 Å². The van der Waals surface area contributed by atoms with Gasteiger partial charge < -0.3 is 9.47 Å². The largest absolute Gasteiger partial charge is 0.468 e. The molecule has 0 aromatic rings. The van der Waals surface area contributed by atoms with Gasteiger partial charge >= 0.3 is 11.9 Å². The number of hydrogen-bond donors (Lipinski definition) is 0. The number of carbonyl (C=O) groups is 3. The highest BCUT2D eigenvalue weighted by molar-refractivity contribution is 5.95. The van der Waals surface area contributed by atoms with Gasteiger partial charge in [-0.15, -0.1) is 0 Å². The van der Waals surface area contributed by atoms with Crippen molar-refractivity contribution in [3.63, 3.8) is 0 Å². The molecule has 0 N–H and O–H groups in total. The Morgan fingerprint density at radius 2 is 1.63 bits per heavy atom. The first-order valence-corrected chi connectivity index (χ1v) is 6.77. The second-order valence-corrected chi connectivity index (χ2v) is 4.98. The topological polar surface area (TPSA) is 69.7 Å². The van der Waals surface area contributed by atoms with Gasteiger partial charge in [0.25, 0.3) is 0 Å². The zero-order valence-electron chi connectivity index (χ0n) is 11.6. The fourth-order valence-electron chi connectivity index (χ4n) is 2.60. The van der Waals surface area contributed by atoms with E-state index in [0.29, 0.717) is 12.8 Å². The monoisotopic (exact) mass is 270 g/mol. The van der Waals surface area contributed by atoms with E-state index < -0.39 is 17.9 Å². The molecule has 0 unspecified atom stereocenters. The number of methoxy groups -OCH3 is 2. The second kappa shape index (κ2) is 7.92. The van der Waals surface area contributed by atoms with Gasteiger partial charge in [-0.25, -0.2) is 0 Å². The molecule has 5 nitrogen and oxygen atoms in total. The lowest BCUT2D eigenvalue weighted by molar-refractivity contribution is -0.162. The molecule has 0 bridgehead atoms. The van der Waals surface area contributed by atoms with E-state index >= 15 is 0 Å². The van der Waals surface area contributed by atoms with Crippen molar-refractivity contribution in [2.24, 2.45) is 11.8 Å². The van der Waals surface area contributed by atoms with E-state index in [1.165, 1.54) is 14.2 Å². The fourth-order valence-corrected chi connectivity index (χ4v) is 2.60. The summed E-state index contributed by atoms with van der Waals surface area (Å²) in [5, 5.41) is 0. The summed E-state index contributed by atoms with van der Waals surface area (Å²) in [6.07, 6.45) is 5.34. The first-order chi connectivity index (χ1) is 9.10. The third kappa shape index (κ3) is 4.65. The first kappa shape index (κ1) is 15.7. The van der Waals surface area contributed by atoms with Crippen molar-refractivity contribution in [3.05, 3.63) is 0 Å². The molecule has 5 heteroatoms. The molecule has 108 valence electrons. The van der Waals surface area contributed by atoms with E-state index in [0.717, 1.165) is 25.7 Å². The molecule has 1 aliphatic carbocycles. The molecule has 0 radical (unpaired) electrons. The third-order valence-corrected chi connectivity index (χ3v) is 3.65. The zero-order chi connectivity index (χ0) is 14.3. The average Bonchev–Trinajstić information content (AvgIpc) is 2.50. The number of ether oxygens (including phenoxy) is 2. The van der Waals surface area contributed by atoms with Gasteiger partial charge in [-0.2, -0.15) is 0 Å². The smallest absolute Gasteiger partial charge is 0.320 e. The Labute approximate surface area is 113 Å².